The smallest absolute Gasteiger partial charge is 0.320 e. The van der Waals surface area contributed by atoms with E-state index in [1.807, 2.05) is 6.92 Å². The molecule has 0 saturated carbocycles. The molecule has 0 atom stereocenters. The van der Waals surface area contributed by atoms with E-state index in [-0.39, 0.29) is 23.7 Å². The van der Waals surface area contributed by atoms with Gasteiger partial charge < -0.3 is 15.5 Å². The number of nitrogens with one attached hydrogen (secondary N) is 2. The fourth-order valence-corrected chi connectivity index (χ4v) is 1.83. The molecule has 122 valence electrons. The minimum absolute atomic E-state index is 0.146. The summed E-state index contributed by atoms with van der Waals surface area (Å²) in [6.45, 7) is 5.88. The summed E-state index contributed by atoms with van der Waals surface area (Å²) in [5.41, 5.74) is 7.05. The van der Waals surface area contributed by atoms with Crippen molar-refractivity contribution in [3.8, 4) is 0 Å². The number of imidazole rings is 1. The second-order valence-electron chi connectivity index (χ2n) is 5.28. The number of pyridine rings is 1. The van der Waals surface area contributed by atoms with E-state index in [0.29, 0.717) is 23.6 Å². The van der Waals surface area contributed by atoms with Crippen molar-refractivity contribution in [1.82, 2.24) is 14.7 Å². The summed E-state index contributed by atoms with van der Waals surface area (Å²) in [5, 5.41) is 5.25. The maximum Gasteiger partial charge on any atom is 0.320 e. The van der Waals surface area contributed by atoms with Crippen molar-refractivity contribution in [1.29, 1.82) is 0 Å². The SMILES string of the molecule is CCNC(=O)Nc1cn2ccc(C(N)=NC(=O)C(C)C)cc2n1. The molecule has 0 saturated heterocycles. The zero-order valence-electron chi connectivity index (χ0n) is 13.3. The lowest BCUT2D eigenvalue weighted by atomic mass is 10.2. The summed E-state index contributed by atoms with van der Waals surface area (Å²) in [4.78, 5) is 31.3. The molecule has 3 amide bonds. The van der Waals surface area contributed by atoms with E-state index in [1.165, 1.54) is 0 Å². The number of anilines is 1. The molecule has 8 heteroatoms. The van der Waals surface area contributed by atoms with Gasteiger partial charge in [-0.15, -0.1) is 0 Å². The van der Waals surface area contributed by atoms with Gasteiger partial charge in [-0.3, -0.25) is 10.1 Å². The van der Waals surface area contributed by atoms with Crippen molar-refractivity contribution >= 4 is 29.2 Å². The number of hydrogen-bond acceptors (Lipinski definition) is 3. The summed E-state index contributed by atoms with van der Waals surface area (Å²) in [6.07, 6.45) is 3.42. The normalized spacial score (nSPS) is 11.7. The third-order valence-electron chi connectivity index (χ3n) is 3.06. The number of fused-ring (bicyclic) bond motifs is 1. The van der Waals surface area contributed by atoms with Crippen LogP contribution < -0.4 is 16.4 Å². The minimum Gasteiger partial charge on any atom is -0.383 e. The van der Waals surface area contributed by atoms with Crippen LogP contribution in [0.15, 0.2) is 29.5 Å². The van der Waals surface area contributed by atoms with Crippen molar-refractivity contribution in [2.24, 2.45) is 16.6 Å². The number of aliphatic imine (C=N–C) groups is 1. The monoisotopic (exact) mass is 316 g/mol. The maximum absolute atomic E-state index is 11.6. The molecule has 0 aliphatic rings. The van der Waals surface area contributed by atoms with Crippen LogP contribution in [0, 0.1) is 5.92 Å². The van der Waals surface area contributed by atoms with Crippen LogP contribution in [0.3, 0.4) is 0 Å². The van der Waals surface area contributed by atoms with E-state index < -0.39 is 0 Å². The van der Waals surface area contributed by atoms with E-state index in [0.717, 1.165) is 0 Å². The Morgan fingerprint density at radius 1 is 1.43 bits per heavy atom. The molecule has 2 rings (SSSR count). The summed E-state index contributed by atoms with van der Waals surface area (Å²) in [5.74, 6) is 0.0789. The lowest BCUT2D eigenvalue weighted by Crippen LogP contribution is -2.28. The average molecular weight is 316 g/mol. The van der Waals surface area contributed by atoms with Gasteiger partial charge in [-0.1, -0.05) is 13.8 Å². The molecule has 0 spiro atoms. The summed E-state index contributed by atoms with van der Waals surface area (Å²) in [6, 6.07) is 3.12. The van der Waals surface area contributed by atoms with Crippen molar-refractivity contribution < 1.29 is 9.59 Å². The second kappa shape index (κ2) is 6.91. The number of hydrogen-bond donors (Lipinski definition) is 3. The molecule has 0 unspecified atom stereocenters. The molecule has 0 aliphatic carbocycles. The van der Waals surface area contributed by atoms with Crippen LogP contribution in [0.4, 0.5) is 10.6 Å². The van der Waals surface area contributed by atoms with E-state index in [9.17, 15) is 9.59 Å². The highest BCUT2D eigenvalue weighted by Gasteiger charge is 2.10. The van der Waals surface area contributed by atoms with Gasteiger partial charge in [0.05, 0.1) is 6.20 Å². The number of amides is 3. The fraction of sp³-hybridized carbons (Fsp3) is 0.333. The Labute approximate surface area is 133 Å². The largest absolute Gasteiger partial charge is 0.383 e. The third kappa shape index (κ3) is 4.06. The number of aromatic nitrogens is 2. The van der Waals surface area contributed by atoms with Gasteiger partial charge in [0.2, 0.25) is 5.91 Å². The molecule has 0 aliphatic heterocycles. The molecular weight excluding hydrogens is 296 g/mol. The van der Waals surface area contributed by atoms with Gasteiger partial charge in [0, 0.05) is 24.2 Å². The Hall–Kier alpha value is -2.90. The Bertz CT molecular complexity index is 762. The van der Waals surface area contributed by atoms with E-state index >= 15 is 0 Å². The number of amidine groups is 1. The molecule has 0 fully saturated rings. The Balaban J connectivity index is 2.25. The molecule has 23 heavy (non-hydrogen) atoms. The summed E-state index contributed by atoms with van der Waals surface area (Å²) >= 11 is 0. The topological polar surface area (TPSA) is 114 Å². The van der Waals surface area contributed by atoms with Crippen LogP contribution >= 0.6 is 0 Å². The summed E-state index contributed by atoms with van der Waals surface area (Å²) < 4.78 is 1.74. The first-order chi connectivity index (χ1) is 10.9. The lowest BCUT2D eigenvalue weighted by Gasteiger charge is -2.02. The molecule has 0 aromatic carbocycles. The molecule has 4 N–H and O–H groups in total. The first kappa shape index (κ1) is 16.5. The quantitative estimate of drug-likeness (QED) is 0.583. The zero-order valence-corrected chi connectivity index (χ0v) is 13.3. The van der Waals surface area contributed by atoms with E-state index in [2.05, 4.69) is 20.6 Å². The minimum atomic E-state index is -0.320. The van der Waals surface area contributed by atoms with Gasteiger partial charge in [-0.05, 0) is 19.1 Å². The standard InChI is InChI=1S/C15H20N6O2/c1-4-17-15(23)19-11-8-21-6-5-10(7-12(21)18-11)13(16)20-14(22)9(2)3/h5-9H,4H2,1-3H3,(H2,16,20,22)(H2,17,19,23). The fourth-order valence-electron chi connectivity index (χ4n) is 1.83. The highest BCUT2D eigenvalue weighted by molar-refractivity contribution is 6.04. The first-order valence-corrected chi connectivity index (χ1v) is 7.32. The van der Waals surface area contributed by atoms with Crippen LogP contribution in [-0.2, 0) is 4.79 Å². The van der Waals surface area contributed by atoms with Crippen LogP contribution in [0.25, 0.3) is 5.65 Å². The molecule has 0 radical (unpaired) electrons. The lowest BCUT2D eigenvalue weighted by molar-refractivity contribution is -0.120. The Morgan fingerprint density at radius 3 is 2.83 bits per heavy atom. The Morgan fingerprint density at radius 2 is 2.17 bits per heavy atom. The van der Waals surface area contributed by atoms with Gasteiger partial charge in [0.15, 0.2) is 5.82 Å². The number of carbonyl (C=O) groups excluding carboxylic acids is 2. The molecule has 0 bridgehead atoms. The number of carbonyl (C=O) groups is 2. The van der Waals surface area contributed by atoms with E-state index in [1.54, 1.807) is 42.8 Å². The maximum atomic E-state index is 11.6. The van der Waals surface area contributed by atoms with Gasteiger partial charge in [0.1, 0.15) is 11.5 Å². The van der Waals surface area contributed by atoms with Crippen LogP contribution in [0.1, 0.15) is 26.3 Å². The van der Waals surface area contributed by atoms with Crippen molar-refractivity contribution in [2.45, 2.75) is 20.8 Å². The van der Waals surface area contributed by atoms with Gasteiger partial charge in [-0.25, -0.2) is 9.78 Å². The van der Waals surface area contributed by atoms with Crippen LogP contribution in [0.5, 0.6) is 0 Å². The molecule has 2 aromatic heterocycles. The highest BCUT2D eigenvalue weighted by atomic mass is 16.2. The number of nitrogens with two attached hydrogens (primary N) is 1. The third-order valence-corrected chi connectivity index (χ3v) is 3.06. The van der Waals surface area contributed by atoms with Gasteiger partial charge in [0.25, 0.3) is 0 Å². The number of nitrogens with zero attached hydrogens (tertiary/aromatic N) is 3. The molecule has 8 nitrogen and oxygen atoms in total. The first-order valence-electron chi connectivity index (χ1n) is 7.32. The average Bonchev–Trinajstić information content (AvgIpc) is 2.88. The predicted molar refractivity (Wildman–Crippen MR) is 88.5 cm³/mol. The van der Waals surface area contributed by atoms with Crippen molar-refractivity contribution in [3.05, 3.63) is 30.1 Å². The number of urea groups is 1. The van der Waals surface area contributed by atoms with Crippen LogP contribution in [0.2, 0.25) is 0 Å². The number of rotatable bonds is 4. The summed E-state index contributed by atoms with van der Waals surface area (Å²) in [7, 11) is 0. The van der Waals surface area contributed by atoms with E-state index in [4.69, 9.17) is 5.73 Å². The molecular formula is C15H20N6O2. The Kier molecular flexibility index (Phi) is 4.95. The molecule has 2 heterocycles. The van der Waals surface area contributed by atoms with Crippen molar-refractivity contribution in [2.75, 3.05) is 11.9 Å². The van der Waals surface area contributed by atoms with Gasteiger partial charge in [-0.2, -0.15) is 4.99 Å². The van der Waals surface area contributed by atoms with Crippen LogP contribution in [-0.4, -0.2) is 33.7 Å². The van der Waals surface area contributed by atoms with Crippen molar-refractivity contribution in [3.63, 3.8) is 0 Å². The molecule has 2 aromatic rings. The van der Waals surface area contributed by atoms with Gasteiger partial charge >= 0.3 is 6.03 Å². The predicted octanol–water partition coefficient (Wildman–Crippen LogP) is 1.36. The zero-order chi connectivity index (χ0) is 17.0. The highest BCUT2D eigenvalue weighted by Crippen LogP contribution is 2.12. The second-order valence-corrected chi connectivity index (χ2v) is 5.28.